The van der Waals surface area contributed by atoms with Gasteiger partial charge in [0.05, 0.1) is 13.2 Å². The lowest BCUT2D eigenvalue weighted by Gasteiger charge is -2.22. The van der Waals surface area contributed by atoms with E-state index in [0.717, 1.165) is 31.4 Å². The summed E-state index contributed by atoms with van der Waals surface area (Å²) < 4.78 is 12.1. The lowest BCUT2D eigenvalue weighted by atomic mass is 10.2. The summed E-state index contributed by atoms with van der Waals surface area (Å²) in [6, 6.07) is 18.7. The fraction of sp³-hybridized carbons (Fsp3) is 0.280. The number of hydrogen-bond acceptors (Lipinski definition) is 5. The number of pyridine rings is 1. The van der Waals surface area contributed by atoms with Crippen molar-refractivity contribution in [3.05, 3.63) is 77.4 Å². The number of para-hydroxylation sites is 2. The lowest BCUT2D eigenvalue weighted by molar-refractivity contribution is -0.117. The summed E-state index contributed by atoms with van der Waals surface area (Å²) in [5.74, 6) is 1.78. The first-order chi connectivity index (χ1) is 15.7. The van der Waals surface area contributed by atoms with Crippen LogP contribution in [0.5, 0.6) is 17.4 Å². The van der Waals surface area contributed by atoms with Crippen molar-refractivity contribution in [3.63, 3.8) is 0 Å². The number of aromatic nitrogens is 1. The Morgan fingerprint density at radius 2 is 1.91 bits per heavy atom. The molecule has 0 fully saturated rings. The van der Waals surface area contributed by atoms with Gasteiger partial charge in [-0.1, -0.05) is 35.9 Å². The molecule has 7 heteroatoms. The van der Waals surface area contributed by atoms with Crippen molar-refractivity contribution in [2.75, 3.05) is 25.0 Å². The van der Waals surface area contributed by atoms with Crippen LogP contribution in [0, 0.1) is 0 Å². The lowest BCUT2D eigenvalue weighted by Crippen LogP contribution is -2.33. The topological polar surface area (TPSA) is 63.7 Å². The van der Waals surface area contributed by atoms with Crippen LogP contribution in [0.1, 0.15) is 24.8 Å². The molecule has 0 saturated heterocycles. The van der Waals surface area contributed by atoms with E-state index in [-0.39, 0.29) is 12.5 Å². The van der Waals surface area contributed by atoms with Crippen LogP contribution in [-0.4, -0.2) is 35.5 Å². The molecule has 166 valence electrons. The van der Waals surface area contributed by atoms with Gasteiger partial charge in [-0.05, 0) is 62.2 Å². The standard InChI is InChI=1S/C25H26ClN3O3/c26-20-9-6-10-21(16-20)28-24(30)18-29-14-4-1-5-15-31-22-11-2-3-12-23(22)32-25-19(17-29)8-7-13-27-25/h2-3,6-13,16H,1,4-5,14-15,17-18H2,(H,28,30). The number of nitrogens with zero attached hydrogens (tertiary/aromatic N) is 2. The third-order valence-corrected chi connectivity index (χ3v) is 5.39. The summed E-state index contributed by atoms with van der Waals surface area (Å²) in [6.45, 7) is 2.21. The van der Waals surface area contributed by atoms with E-state index in [0.29, 0.717) is 41.2 Å². The van der Waals surface area contributed by atoms with Gasteiger partial charge in [-0.15, -0.1) is 0 Å². The number of carbonyl (C=O) groups excluding carboxylic acids is 1. The van der Waals surface area contributed by atoms with E-state index < -0.39 is 0 Å². The molecule has 4 rings (SSSR count). The van der Waals surface area contributed by atoms with Gasteiger partial charge >= 0.3 is 0 Å². The molecule has 0 spiro atoms. The summed E-state index contributed by atoms with van der Waals surface area (Å²) in [7, 11) is 0. The maximum absolute atomic E-state index is 12.7. The van der Waals surface area contributed by atoms with E-state index in [4.69, 9.17) is 21.1 Å². The van der Waals surface area contributed by atoms with E-state index >= 15 is 0 Å². The molecule has 1 N–H and O–H groups in total. The molecule has 1 aliphatic rings. The van der Waals surface area contributed by atoms with Crippen LogP contribution < -0.4 is 14.8 Å². The van der Waals surface area contributed by atoms with E-state index in [1.54, 1.807) is 18.3 Å². The molecular weight excluding hydrogens is 426 g/mol. The second kappa shape index (κ2) is 11.0. The Morgan fingerprint density at radius 3 is 2.78 bits per heavy atom. The molecule has 0 aliphatic carbocycles. The molecule has 1 amide bonds. The average molecular weight is 452 g/mol. The quantitative estimate of drug-likeness (QED) is 0.567. The van der Waals surface area contributed by atoms with Crippen LogP contribution in [0.15, 0.2) is 66.9 Å². The normalized spacial score (nSPS) is 14.9. The zero-order chi connectivity index (χ0) is 22.2. The van der Waals surface area contributed by atoms with Crippen LogP contribution in [-0.2, 0) is 11.3 Å². The van der Waals surface area contributed by atoms with Crippen molar-refractivity contribution < 1.29 is 14.3 Å². The Morgan fingerprint density at radius 1 is 1.03 bits per heavy atom. The van der Waals surface area contributed by atoms with Crippen LogP contribution in [0.25, 0.3) is 0 Å². The Labute approximate surface area is 193 Å². The fourth-order valence-electron chi connectivity index (χ4n) is 3.62. The highest BCUT2D eigenvalue weighted by Gasteiger charge is 2.17. The first kappa shape index (κ1) is 22.1. The molecule has 32 heavy (non-hydrogen) atoms. The first-order valence-electron chi connectivity index (χ1n) is 10.8. The molecule has 0 bridgehead atoms. The van der Waals surface area contributed by atoms with Crippen LogP contribution in [0.3, 0.4) is 0 Å². The summed E-state index contributed by atoms with van der Waals surface area (Å²) >= 11 is 6.03. The molecule has 0 radical (unpaired) electrons. The first-order valence-corrected chi connectivity index (χ1v) is 11.2. The zero-order valence-corrected chi connectivity index (χ0v) is 18.6. The van der Waals surface area contributed by atoms with Gasteiger partial charge < -0.3 is 14.8 Å². The number of carbonyl (C=O) groups is 1. The third kappa shape index (κ3) is 6.22. The van der Waals surface area contributed by atoms with Gasteiger partial charge in [0.2, 0.25) is 11.8 Å². The number of benzene rings is 2. The van der Waals surface area contributed by atoms with Gasteiger partial charge in [-0.25, -0.2) is 4.98 Å². The second-order valence-corrected chi connectivity index (χ2v) is 8.13. The van der Waals surface area contributed by atoms with Crippen molar-refractivity contribution in [3.8, 4) is 17.4 Å². The average Bonchev–Trinajstić information content (AvgIpc) is 2.79. The van der Waals surface area contributed by atoms with Crippen molar-refractivity contribution in [2.24, 2.45) is 0 Å². The molecule has 1 aliphatic heterocycles. The number of fused-ring (bicyclic) bond motifs is 2. The SMILES string of the molecule is O=C(CN1CCCCCOc2ccccc2Oc2ncccc2C1)Nc1cccc(Cl)c1. The molecule has 6 nitrogen and oxygen atoms in total. The number of anilines is 1. The molecule has 0 atom stereocenters. The smallest absolute Gasteiger partial charge is 0.238 e. The fourth-order valence-corrected chi connectivity index (χ4v) is 3.81. The van der Waals surface area contributed by atoms with Gasteiger partial charge in [0, 0.05) is 29.0 Å². The van der Waals surface area contributed by atoms with Gasteiger partial charge in [0.1, 0.15) is 0 Å². The van der Waals surface area contributed by atoms with Gasteiger partial charge in [0.15, 0.2) is 11.5 Å². The minimum absolute atomic E-state index is 0.0865. The summed E-state index contributed by atoms with van der Waals surface area (Å²) in [4.78, 5) is 19.3. The maximum atomic E-state index is 12.7. The molecule has 0 saturated carbocycles. The number of ether oxygens (including phenoxy) is 2. The maximum Gasteiger partial charge on any atom is 0.238 e. The summed E-state index contributed by atoms with van der Waals surface area (Å²) in [6.07, 6.45) is 4.61. The van der Waals surface area contributed by atoms with Gasteiger partial charge in [-0.3, -0.25) is 9.69 Å². The minimum atomic E-state index is -0.0865. The monoisotopic (exact) mass is 451 g/mol. The second-order valence-electron chi connectivity index (χ2n) is 7.69. The van der Waals surface area contributed by atoms with Gasteiger partial charge in [-0.2, -0.15) is 0 Å². The van der Waals surface area contributed by atoms with Crippen LogP contribution in [0.4, 0.5) is 5.69 Å². The molecular formula is C25H26ClN3O3. The Hall–Kier alpha value is -3.09. The highest BCUT2D eigenvalue weighted by atomic mass is 35.5. The molecule has 2 aromatic carbocycles. The predicted octanol–water partition coefficient (Wildman–Crippen LogP) is 5.53. The van der Waals surface area contributed by atoms with Crippen molar-refractivity contribution in [2.45, 2.75) is 25.8 Å². The van der Waals surface area contributed by atoms with E-state index in [1.807, 2.05) is 48.5 Å². The molecule has 0 unspecified atom stereocenters. The van der Waals surface area contributed by atoms with E-state index in [1.165, 1.54) is 0 Å². The van der Waals surface area contributed by atoms with Crippen molar-refractivity contribution in [1.82, 2.24) is 9.88 Å². The van der Waals surface area contributed by atoms with E-state index in [2.05, 4.69) is 15.2 Å². The number of hydrogen-bond donors (Lipinski definition) is 1. The Balaban J connectivity index is 1.52. The van der Waals surface area contributed by atoms with Gasteiger partial charge in [0.25, 0.3) is 0 Å². The minimum Gasteiger partial charge on any atom is -0.490 e. The van der Waals surface area contributed by atoms with E-state index in [9.17, 15) is 4.79 Å². The molecule has 1 aromatic heterocycles. The van der Waals surface area contributed by atoms with Crippen molar-refractivity contribution >= 4 is 23.2 Å². The van der Waals surface area contributed by atoms with Crippen LogP contribution in [0.2, 0.25) is 5.02 Å². The number of halogens is 1. The Kier molecular flexibility index (Phi) is 7.59. The summed E-state index contributed by atoms with van der Waals surface area (Å²) in [5.41, 5.74) is 1.60. The number of nitrogens with one attached hydrogen (secondary N) is 1. The number of rotatable bonds is 3. The predicted molar refractivity (Wildman–Crippen MR) is 125 cm³/mol. The number of amides is 1. The Bertz CT molecular complexity index is 1060. The summed E-state index contributed by atoms with van der Waals surface area (Å²) in [5, 5.41) is 3.52. The van der Waals surface area contributed by atoms with Crippen LogP contribution >= 0.6 is 11.6 Å². The highest BCUT2D eigenvalue weighted by molar-refractivity contribution is 6.30. The third-order valence-electron chi connectivity index (χ3n) is 5.15. The molecule has 2 heterocycles. The van der Waals surface area contributed by atoms with Crippen molar-refractivity contribution in [1.29, 1.82) is 0 Å². The highest BCUT2D eigenvalue weighted by Crippen LogP contribution is 2.32. The largest absolute Gasteiger partial charge is 0.490 e. The zero-order valence-electron chi connectivity index (χ0n) is 17.8. The molecule has 3 aromatic rings.